The van der Waals surface area contributed by atoms with Crippen LogP contribution in [0.4, 0.5) is 0 Å². The molecule has 0 spiro atoms. The van der Waals surface area contributed by atoms with Gasteiger partial charge in [0.15, 0.2) is 0 Å². The SMILES string of the molecule is CN=Cc1ccc(O[C@H]2O[C@@H](CO)[C@H](O)[C@H](O)[C@@H]2O)cc1. The zero-order chi connectivity index (χ0) is 15.4. The fraction of sp³-hybridized carbons (Fsp3) is 0.500. The van der Waals surface area contributed by atoms with Gasteiger partial charge in [0.2, 0.25) is 6.29 Å². The fourth-order valence-corrected chi connectivity index (χ4v) is 2.08. The van der Waals surface area contributed by atoms with Crippen molar-refractivity contribution in [1.82, 2.24) is 0 Å². The normalized spacial score (nSPS) is 33.3. The molecule has 0 saturated carbocycles. The molecule has 1 aliphatic heterocycles. The van der Waals surface area contributed by atoms with E-state index in [2.05, 4.69) is 4.99 Å². The Morgan fingerprint density at radius 1 is 1.14 bits per heavy atom. The molecule has 0 bridgehead atoms. The Bertz CT molecular complexity index is 475. The largest absolute Gasteiger partial charge is 0.462 e. The lowest BCUT2D eigenvalue weighted by Gasteiger charge is -2.39. The van der Waals surface area contributed by atoms with Gasteiger partial charge in [0.25, 0.3) is 0 Å². The smallest absolute Gasteiger partial charge is 0.229 e. The predicted molar refractivity (Wildman–Crippen MR) is 74.4 cm³/mol. The van der Waals surface area contributed by atoms with E-state index in [1.54, 1.807) is 37.5 Å². The Morgan fingerprint density at radius 3 is 2.38 bits per heavy atom. The van der Waals surface area contributed by atoms with Crippen LogP contribution in [0.1, 0.15) is 5.56 Å². The third-order valence-corrected chi connectivity index (χ3v) is 3.26. The van der Waals surface area contributed by atoms with Crippen molar-refractivity contribution in [3.63, 3.8) is 0 Å². The summed E-state index contributed by atoms with van der Waals surface area (Å²) in [4.78, 5) is 3.88. The van der Waals surface area contributed by atoms with Crippen molar-refractivity contribution in [1.29, 1.82) is 0 Å². The van der Waals surface area contributed by atoms with Crippen LogP contribution in [0.2, 0.25) is 0 Å². The molecule has 7 nitrogen and oxygen atoms in total. The van der Waals surface area contributed by atoms with Crippen LogP contribution in [-0.4, -0.2) is 71.0 Å². The maximum Gasteiger partial charge on any atom is 0.229 e. The van der Waals surface area contributed by atoms with Crippen LogP contribution < -0.4 is 4.74 Å². The number of ether oxygens (including phenoxy) is 2. The van der Waals surface area contributed by atoms with Gasteiger partial charge in [-0.25, -0.2) is 0 Å². The number of rotatable bonds is 4. The van der Waals surface area contributed by atoms with Crippen molar-refractivity contribution in [2.45, 2.75) is 30.7 Å². The predicted octanol–water partition coefficient (Wildman–Crippen LogP) is -1.09. The van der Waals surface area contributed by atoms with Crippen molar-refractivity contribution >= 4 is 6.21 Å². The van der Waals surface area contributed by atoms with Crippen LogP contribution in [0, 0.1) is 0 Å². The molecule has 1 saturated heterocycles. The van der Waals surface area contributed by atoms with Crippen molar-refractivity contribution in [2.75, 3.05) is 13.7 Å². The van der Waals surface area contributed by atoms with Crippen molar-refractivity contribution in [2.24, 2.45) is 4.99 Å². The van der Waals surface area contributed by atoms with E-state index >= 15 is 0 Å². The zero-order valence-electron chi connectivity index (χ0n) is 11.5. The maximum atomic E-state index is 9.86. The molecule has 1 aromatic carbocycles. The lowest BCUT2D eigenvalue weighted by atomic mass is 9.99. The van der Waals surface area contributed by atoms with Gasteiger partial charge in [-0.05, 0) is 29.8 Å². The first-order valence-electron chi connectivity index (χ1n) is 6.56. The lowest BCUT2D eigenvalue weighted by Crippen LogP contribution is -2.60. The van der Waals surface area contributed by atoms with E-state index in [-0.39, 0.29) is 0 Å². The number of hydrogen-bond donors (Lipinski definition) is 4. The van der Waals surface area contributed by atoms with E-state index in [1.165, 1.54) is 0 Å². The molecule has 0 unspecified atom stereocenters. The van der Waals surface area contributed by atoms with Gasteiger partial charge in [-0.2, -0.15) is 0 Å². The number of hydrogen-bond acceptors (Lipinski definition) is 7. The second-order valence-corrected chi connectivity index (χ2v) is 4.77. The van der Waals surface area contributed by atoms with Crippen LogP contribution in [0.3, 0.4) is 0 Å². The first-order chi connectivity index (χ1) is 10.1. The Balaban J connectivity index is 2.07. The number of aliphatic hydroxyl groups excluding tert-OH is 4. The maximum absolute atomic E-state index is 9.86. The molecule has 1 heterocycles. The molecule has 0 aliphatic carbocycles. The summed E-state index contributed by atoms with van der Waals surface area (Å²) in [6, 6.07) is 6.87. The van der Waals surface area contributed by atoms with Gasteiger partial charge in [0, 0.05) is 13.3 Å². The van der Waals surface area contributed by atoms with Gasteiger partial charge in [0.05, 0.1) is 6.61 Å². The highest BCUT2D eigenvalue weighted by Gasteiger charge is 2.44. The second kappa shape index (κ2) is 6.97. The highest BCUT2D eigenvalue weighted by molar-refractivity contribution is 5.79. The van der Waals surface area contributed by atoms with Gasteiger partial charge in [0.1, 0.15) is 30.2 Å². The van der Waals surface area contributed by atoms with Crippen LogP contribution in [0.5, 0.6) is 5.75 Å². The molecule has 21 heavy (non-hydrogen) atoms. The highest BCUT2D eigenvalue weighted by atomic mass is 16.7. The average Bonchev–Trinajstić information content (AvgIpc) is 2.50. The minimum Gasteiger partial charge on any atom is -0.462 e. The highest BCUT2D eigenvalue weighted by Crippen LogP contribution is 2.24. The van der Waals surface area contributed by atoms with Crippen LogP contribution >= 0.6 is 0 Å². The molecule has 4 N–H and O–H groups in total. The molecule has 1 aromatic rings. The average molecular weight is 297 g/mol. The van der Waals surface area contributed by atoms with Gasteiger partial charge in [-0.3, -0.25) is 4.99 Å². The topological polar surface area (TPSA) is 112 Å². The summed E-state index contributed by atoms with van der Waals surface area (Å²) in [5.74, 6) is 0.424. The molecule has 2 rings (SSSR count). The standard InChI is InChI=1S/C14H19NO6/c1-15-6-8-2-4-9(5-3-8)20-14-13(19)12(18)11(17)10(7-16)21-14/h2-6,10-14,16-19H,7H2,1H3/t10-,11-,12-,13-,14-/m0/s1. The molecular formula is C14H19NO6. The molecular weight excluding hydrogens is 278 g/mol. The lowest BCUT2D eigenvalue weighted by molar-refractivity contribution is -0.277. The number of benzene rings is 1. The van der Waals surface area contributed by atoms with Gasteiger partial charge in [-0.1, -0.05) is 0 Å². The number of aliphatic imine (C=N–C) groups is 1. The molecule has 116 valence electrons. The summed E-state index contributed by atoms with van der Waals surface area (Å²) < 4.78 is 10.7. The van der Waals surface area contributed by atoms with Crippen LogP contribution in [-0.2, 0) is 4.74 Å². The molecule has 1 fully saturated rings. The van der Waals surface area contributed by atoms with E-state index in [4.69, 9.17) is 14.6 Å². The van der Waals surface area contributed by atoms with E-state index in [9.17, 15) is 15.3 Å². The molecule has 5 atom stereocenters. The molecule has 7 heteroatoms. The van der Waals surface area contributed by atoms with Crippen LogP contribution in [0.25, 0.3) is 0 Å². The van der Waals surface area contributed by atoms with Crippen molar-refractivity contribution < 1.29 is 29.9 Å². The van der Waals surface area contributed by atoms with E-state index in [0.717, 1.165) is 5.56 Å². The third kappa shape index (κ3) is 3.58. The molecule has 1 aliphatic rings. The third-order valence-electron chi connectivity index (χ3n) is 3.26. The Kier molecular flexibility index (Phi) is 5.27. The first kappa shape index (κ1) is 15.9. The zero-order valence-corrected chi connectivity index (χ0v) is 11.5. The summed E-state index contributed by atoms with van der Waals surface area (Å²) in [5, 5.41) is 38.3. The summed E-state index contributed by atoms with van der Waals surface area (Å²) in [6.45, 7) is -0.489. The Hall–Kier alpha value is -1.51. The van der Waals surface area contributed by atoms with Gasteiger partial charge >= 0.3 is 0 Å². The van der Waals surface area contributed by atoms with Crippen molar-refractivity contribution in [3.8, 4) is 5.75 Å². The van der Waals surface area contributed by atoms with Gasteiger partial charge in [-0.15, -0.1) is 0 Å². The monoisotopic (exact) mass is 297 g/mol. The summed E-state index contributed by atoms with van der Waals surface area (Å²) in [5.41, 5.74) is 0.888. The minimum absolute atomic E-state index is 0.424. The molecule has 0 aromatic heterocycles. The first-order valence-corrected chi connectivity index (χ1v) is 6.56. The number of nitrogens with zero attached hydrogens (tertiary/aromatic N) is 1. The fourth-order valence-electron chi connectivity index (χ4n) is 2.08. The van der Waals surface area contributed by atoms with E-state index < -0.39 is 37.3 Å². The summed E-state index contributed by atoms with van der Waals surface area (Å²) in [6.07, 6.45) is -4.75. The summed E-state index contributed by atoms with van der Waals surface area (Å²) >= 11 is 0. The van der Waals surface area contributed by atoms with Crippen molar-refractivity contribution in [3.05, 3.63) is 29.8 Å². The Labute approximate surface area is 122 Å². The molecule has 0 radical (unpaired) electrons. The minimum atomic E-state index is -1.45. The number of aliphatic hydroxyl groups is 4. The second-order valence-electron chi connectivity index (χ2n) is 4.77. The van der Waals surface area contributed by atoms with E-state index in [0.29, 0.717) is 5.75 Å². The van der Waals surface area contributed by atoms with E-state index in [1.807, 2.05) is 0 Å². The van der Waals surface area contributed by atoms with Crippen LogP contribution in [0.15, 0.2) is 29.3 Å². The molecule has 0 amide bonds. The van der Waals surface area contributed by atoms with Gasteiger partial charge < -0.3 is 29.9 Å². The quantitative estimate of drug-likeness (QED) is 0.526. The summed E-state index contributed by atoms with van der Waals surface area (Å²) in [7, 11) is 1.67. The Morgan fingerprint density at radius 2 is 1.81 bits per heavy atom.